The fourth-order valence-corrected chi connectivity index (χ4v) is 4.55. The van der Waals surface area contributed by atoms with Crippen molar-refractivity contribution >= 4 is 31.7 Å². The predicted octanol–water partition coefficient (Wildman–Crippen LogP) is 3.08. The molecular weight excluding hydrogens is 390 g/mol. The summed E-state index contributed by atoms with van der Waals surface area (Å²) in [4.78, 5) is 25.6. The summed E-state index contributed by atoms with van der Waals surface area (Å²) in [5.74, 6) is 0.369. The SMILES string of the molecule is CC(C)(C)[Si](C)(C)OC(CN)CC1CN(c2ccc3c(c2)NC(=O)CO3)C(=O)O1. The van der Waals surface area contributed by atoms with Gasteiger partial charge in [-0.1, -0.05) is 20.8 Å². The number of fused-ring (bicyclic) bond motifs is 1. The summed E-state index contributed by atoms with van der Waals surface area (Å²) in [6, 6.07) is 5.25. The number of carbonyl (C=O) groups excluding carboxylic acids is 2. The van der Waals surface area contributed by atoms with Crippen molar-refractivity contribution in [3.8, 4) is 5.75 Å². The fourth-order valence-electron chi connectivity index (χ4n) is 3.17. The van der Waals surface area contributed by atoms with Crippen LogP contribution in [0.4, 0.5) is 16.2 Å². The topological polar surface area (TPSA) is 103 Å². The van der Waals surface area contributed by atoms with Gasteiger partial charge in [-0.2, -0.15) is 0 Å². The molecule has 2 unspecified atom stereocenters. The standard InChI is InChI=1S/C20H31N3O5Si/c1-20(2,3)29(4,5)28-14(10-21)9-15-11-23(19(25)27-15)13-6-7-17-16(8-13)22-18(24)12-26-17/h6-8,14-15H,9-12,21H2,1-5H3,(H,22,24). The van der Waals surface area contributed by atoms with Gasteiger partial charge in [-0.25, -0.2) is 4.79 Å². The molecule has 0 aliphatic carbocycles. The highest BCUT2D eigenvalue weighted by Crippen LogP contribution is 2.38. The molecule has 0 spiro atoms. The van der Waals surface area contributed by atoms with Crippen molar-refractivity contribution < 1.29 is 23.5 Å². The smallest absolute Gasteiger partial charge is 0.414 e. The van der Waals surface area contributed by atoms with Gasteiger partial charge in [-0.05, 0) is 36.3 Å². The second-order valence-corrected chi connectivity index (χ2v) is 13.9. The first-order chi connectivity index (χ1) is 13.5. The van der Waals surface area contributed by atoms with Crippen molar-refractivity contribution in [3.63, 3.8) is 0 Å². The molecule has 0 bridgehead atoms. The summed E-state index contributed by atoms with van der Waals surface area (Å²) in [5, 5.41) is 2.83. The first-order valence-electron chi connectivity index (χ1n) is 9.93. The van der Waals surface area contributed by atoms with Crippen molar-refractivity contribution in [2.45, 2.75) is 57.5 Å². The van der Waals surface area contributed by atoms with Gasteiger partial charge in [-0.3, -0.25) is 9.69 Å². The maximum Gasteiger partial charge on any atom is 0.414 e. The molecular formula is C20H31N3O5Si. The van der Waals surface area contributed by atoms with Crippen LogP contribution in [0.1, 0.15) is 27.2 Å². The number of anilines is 2. The summed E-state index contributed by atoms with van der Waals surface area (Å²) >= 11 is 0. The van der Waals surface area contributed by atoms with Gasteiger partial charge < -0.3 is 25.0 Å². The Morgan fingerprint density at radius 3 is 2.72 bits per heavy atom. The molecule has 0 saturated carbocycles. The predicted molar refractivity (Wildman–Crippen MR) is 114 cm³/mol. The molecule has 1 aromatic carbocycles. The summed E-state index contributed by atoms with van der Waals surface area (Å²) in [5.41, 5.74) is 7.16. The Bertz CT molecular complexity index is 793. The van der Waals surface area contributed by atoms with E-state index < -0.39 is 14.4 Å². The average molecular weight is 422 g/mol. The van der Waals surface area contributed by atoms with Crippen LogP contribution >= 0.6 is 0 Å². The van der Waals surface area contributed by atoms with Crippen LogP contribution in [0.25, 0.3) is 0 Å². The average Bonchev–Trinajstić information content (AvgIpc) is 2.99. The summed E-state index contributed by atoms with van der Waals surface area (Å²) < 4.78 is 17.4. The van der Waals surface area contributed by atoms with Crippen molar-refractivity contribution in [1.82, 2.24) is 0 Å². The molecule has 1 saturated heterocycles. The van der Waals surface area contributed by atoms with Crippen molar-refractivity contribution in [2.24, 2.45) is 5.73 Å². The third-order valence-electron chi connectivity index (χ3n) is 5.84. The van der Waals surface area contributed by atoms with Crippen LogP contribution in [0.3, 0.4) is 0 Å². The zero-order valence-corrected chi connectivity index (χ0v) is 18.8. The van der Waals surface area contributed by atoms with Gasteiger partial charge in [0.25, 0.3) is 5.91 Å². The number of hydrogen-bond acceptors (Lipinski definition) is 6. The number of nitrogens with zero attached hydrogens (tertiary/aromatic N) is 1. The summed E-state index contributed by atoms with van der Waals surface area (Å²) in [7, 11) is -1.97. The van der Waals surface area contributed by atoms with Gasteiger partial charge in [-0.15, -0.1) is 0 Å². The van der Waals surface area contributed by atoms with Gasteiger partial charge in [0, 0.05) is 18.7 Å². The molecule has 2 atom stereocenters. The number of benzene rings is 1. The third-order valence-corrected chi connectivity index (χ3v) is 10.4. The molecule has 1 aromatic rings. The van der Waals surface area contributed by atoms with Gasteiger partial charge in [0.2, 0.25) is 0 Å². The van der Waals surface area contributed by atoms with Crippen molar-refractivity contribution in [2.75, 3.05) is 29.9 Å². The normalized spacial score (nSPS) is 20.6. The largest absolute Gasteiger partial charge is 0.482 e. The number of amides is 2. The molecule has 29 heavy (non-hydrogen) atoms. The molecule has 8 nitrogen and oxygen atoms in total. The maximum atomic E-state index is 12.5. The van der Waals surface area contributed by atoms with E-state index in [1.165, 1.54) is 0 Å². The van der Waals surface area contributed by atoms with E-state index in [0.29, 0.717) is 36.6 Å². The molecule has 3 rings (SSSR count). The van der Waals surface area contributed by atoms with Gasteiger partial charge in [0.05, 0.1) is 18.3 Å². The minimum atomic E-state index is -1.97. The molecule has 2 aliphatic heterocycles. The monoisotopic (exact) mass is 421 g/mol. The van der Waals surface area contributed by atoms with E-state index in [2.05, 4.69) is 39.2 Å². The fraction of sp³-hybridized carbons (Fsp3) is 0.600. The minimum Gasteiger partial charge on any atom is -0.482 e. The number of nitrogens with one attached hydrogen (secondary N) is 1. The number of cyclic esters (lactones) is 1. The highest BCUT2D eigenvalue weighted by Gasteiger charge is 2.41. The van der Waals surface area contributed by atoms with Gasteiger partial charge in [0.1, 0.15) is 11.9 Å². The van der Waals surface area contributed by atoms with Crippen LogP contribution in [-0.4, -0.2) is 52.2 Å². The van der Waals surface area contributed by atoms with Crippen LogP contribution < -0.4 is 20.7 Å². The number of ether oxygens (including phenoxy) is 2. The number of nitrogens with two attached hydrogens (primary N) is 1. The van der Waals surface area contributed by atoms with Crippen LogP contribution in [0.2, 0.25) is 18.1 Å². The summed E-state index contributed by atoms with van der Waals surface area (Å²) in [6.45, 7) is 11.7. The highest BCUT2D eigenvalue weighted by atomic mass is 28.4. The van der Waals surface area contributed by atoms with Gasteiger partial charge in [0.15, 0.2) is 14.9 Å². The molecule has 2 aliphatic rings. The minimum absolute atomic E-state index is 0.00508. The van der Waals surface area contributed by atoms with Crippen LogP contribution in [0.15, 0.2) is 18.2 Å². The lowest BCUT2D eigenvalue weighted by Crippen LogP contribution is -2.46. The number of carbonyl (C=O) groups is 2. The molecule has 0 radical (unpaired) electrons. The molecule has 1 fully saturated rings. The Morgan fingerprint density at radius 2 is 2.07 bits per heavy atom. The van der Waals surface area contributed by atoms with E-state index in [-0.39, 0.29) is 29.8 Å². The molecule has 2 heterocycles. The highest BCUT2D eigenvalue weighted by molar-refractivity contribution is 6.74. The Kier molecular flexibility index (Phi) is 5.93. The van der Waals surface area contributed by atoms with Crippen LogP contribution in [0, 0.1) is 0 Å². The Morgan fingerprint density at radius 1 is 1.34 bits per heavy atom. The maximum absolute atomic E-state index is 12.5. The number of rotatable bonds is 6. The van der Waals surface area contributed by atoms with Crippen LogP contribution in [-0.2, 0) is 14.0 Å². The van der Waals surface area contributed by atoms with E-state index in [1.54, 1.807) is 23.1 Å². The van der Waals surface area contributed by atoms with Gasteiger partial charge >= 0.3 is 6.09 Å². The molecule has 9 heteroatoms. The quantitative estimate of drug-likeness (QED) is 0.684. The second kappa shape index (κ2) is 7.96. The summed E-state index contributed by atoms with van der Waals surface area (Å²) in [6.07, 6.45) is -0.329. The zero-order valence-electron chi connectivity index (χ0n) is 17.8. The van der Waals surface area contributed by atoms with E-state index in [0.717, 1.165) is 0 Å². The lowest BCUT2D eigenvalue weighted by molar-refractivity contribution is -0.118. The van der Waals surface area contributed by atoms with Crippen LogP contribution in [0.5, 0.6) is 5.75 Å². The number of hydrogen-bond donors (Lipinski definition) is 2. The zero-order chi connectivity index (χ0) is 21.4. The first kappa shape index (κ1) is 21.6. The molecule has 2 amide bonds. The van der Waals surface area contributed by atoms with Crippen molar-refractivity contribution in [3.05, 3.63) is 18.2 Å². The van der Waals surface area contributed by atoms with E-state index >= 15 is 0 Å². The second-order valence-electron chi connectivity index (χ2n) is 9.11. The van der Waals surface area contributed by atoms with E-state index in [4.69, 9.17) is 19.6 Å². The van der Waals surface area contributed by atoms with E-state index in [9.17, 15) is 9.59 Å². The Balaban J connectivity index is 1.67. The molecule has 3 N–H and O–H groups in total. The Labute approximate surface area is 172 Å². The third kappa shape index (κ3) is 4.73. The van der Waals surface area contributed by atoms with E-state index in [1.807, 2.05) is 0 Å². The lowest BCUT2D eigenvalue weighted by Gasteiger charge is -2.39. The Hall–Kier alpha value is -2.10. The molecule has 0 aromatic heterocycles. The first-order valence-corrected chi connectivity index (χ1v) is 12.8. The molecule has 160 valence electrons. The lowest BCUT2D eigenvalue weighted by atomic mass is 10.1. The van der Waals surface area contributed by atoms with Crippen molar-refractivity contribution in [1.29, 1.82) is 0 Å².